The van der Waals surface area contributed by atoms with Gasteiger partial charge in [-0.05, 0) is 13.8 Å². The number of halogens is 2. The van der Waals surface area contributed by atoms with Crippen molar-refractivity contribution in [1.82, 2.24) is 0 Å². The van der Waals surface area contributed by atoms with E-state index in [4.69, 9.17) is 0 Å². The summed E-state index contributed by atoms with van der Waals surface area (Å²) < 4.78 is 3.42. The molecule has 1 aromatic heterocycles. The minimum absolute atomic E-state index is 0. The van der Waals surface area contributed by atoms with Crippen molar-refractivity contribution in [3.63, 3.8) is 0 Å². The summed E-state index contributed by atoms with van der Waals surface area (Å²) in [6.07, 6.45) is 3.33. The molecular weight excluding hydrogens is 438 g/mol. The van der Waals surface area contributed by atoms with Crippen molar-refractivity contribution in [1.29, 1.82) is 0 Å². The summed E-state index contributed by atoms with van der Waals surface area (Å²) in [5, 5.41) is 0. The molecule has 0 aliphatic heterocycles. The van der Waals surface area contributed by atoms with E-state index in [1.807, 2.05) is 0 Å². The van der Waals surface area contributed by atoms with Crippen LogP contribution in [0.5, 0.6) is 0 Å². The molecule has 0 radical (unpaired) electrons. The van der Waals surface area contributed by atoms with Crippen molar-refractivity contribution in [3.8, 4) is 0 Å². The van der Waals surface area contributed by atoms with Crippen LogP contribution >= 0.6 is 0 Å². The fraction of sp³-hybridized carbons (Fsp3) is 0.615. The first kappa shape index (κ1) is 19.9. The third kappa shape index (κ3) is 6.91. The van der Waals surface area contributed by atoms with Crippen LogP contribution in [0.15, 0.2) is 24.4 Å². The predicted molar refractivity (Wildman–Crippen MR) is 63.5 cm³/mol. The lowest BCUT2D eigenvalue weighted by Gasteiger charge is -2.27. The summed E-state index contributed by atoms with van der Waals surface area (Å²) in [5.74, 6) is 0. The molecule has 0 saturated heterocycles. The quantitative estimate of drug-likeness (QED) is 0.237. The summed E-state index contributed by atoms with van der Waals surface area (Å²) in [7, 11) is 4.58. The van der Waals surface area contributed by atoms with Gasteiger partial charge in [0.15, 0.2) is 11.9 Å². The number of quaternary nitrogens is 1. The first-order valence-electron chi connectivity index (χ1n) is 5.88. The first-order chi connectivity index (χ1) is 7.09. The number of hydrogen-bond donors (Lipinski definition) is 0. The van der Waals surface area contributed by atoms with Crippen LogP contribution in [-0.4, -0.2) is 31.7 Å². The third-order valence-corrected chi connectivity index (χ3v) is 3.20. The molecule has 0 saturated carbocycles. The van der Waals surface area contributed by atoms with Gasteiger partial charge in [-0.25, -0.2) is 4.57 Å². The molecule has 0 N–H and O–H groups in total. The van der Waals surface area contributed by atoms with Crippen molar-refractivity contribution in [2.24, 2.45) is 0 Å². The Morgan fingerprint density at radius 1 is 1.12 bits per heavy atom. The van der Waals surface area contributed by atoms with Gasteiger partial charge in [0.25, 0.3) is 0 Å². The molecule has 4 heteroatoms. The highest BCUT2D eigenvalue weighted by molar-refractivity contribution is 4.97. The number of nitrogens with zero attached hydrogens (tertiary/aromatic N) is 2. The summed E-state index contributed by atoms with van der Waals surface area (Å²) in [6.45, 7) is 7.91. The zero-order valence-corrected chi connectivity index (χ0v) is 15.6. The molecule has 17 heavy (non-hydrogen) atoms. The number of aromatic nitrogens is 1. The number of aryl methyl sites for hydroxylation is 1. The minimum Gasteiger partial charge on any atom is -1.00 e. The molecule has 1 rings (SSSR count). The molecule has 0 aliphatic carbocycles. The Morgan fingerprint density at radius 3 is 2.29 bits per heavy atom. The van der Waals surface area contributed by atoms with E-state index in [2.05, 4.69) is 56.9 Å². The maximum Gasteiger partial charge on any atom is 0.186 e. The maximum absolute atomic E-state index is 2.33. The van der Waals surface area contributed by atoms with Gasteiger partial charge in [0.2, 0.25) is 0 Å². The topological polar surface area (TPSA) is 3.88 Å². The van der Waals surface area contributed by atoms with Crippen molar-refractivity contribution in [2.75, 3.05) is 27.2 Å². The fourth-order valence-corrected chi connectivity index (χ4v) is 1.62. The van der Waals surface area contributed by atoms with Gasteiger partial charge in [0.1, 0.15) is 6.54 Å². The molecule has 0 spiro atoms. The SMILES string of the molecule is CC[n+]1ccccc1CC[N+](C)(C)CC.[I-].[I-]. The van der Waals surface area contributed by atoms with Crippen LogP contribution in [0.2, 0.25) is 0 Å². The van der Waals surface area contributed by atoms with Crippen LogP contribution < -0.4 is 52.5 Å². The van der Waals surface area contributed by atoms with Gasteiger partial charge in [-0.3, -0.25) is 0 Å². The molecule has 0 aromatic carbocycles. The smallest absolute Gasteiger partial charge is 0.186 e. The van der Waals surface area contributed by atoms with E-state index in [0.29, 0.717) is 0 Å². The highest BCUT2D eigenvalue weighted by Gasteiger charge is 2.15. The standard InChI is InChI=1S/C13H24N2.2HI/c1-5-14-11-8-7-9-13(14)10-12-15(3,4)6-2;;/h7-9,11H,5-6,10,12H2,1-4H3;2*1H/q+2;;/p-2. The molecule has 1 heterocycles. The Kier molecular flexibility index (Phi) is 11.1. The molecule has 100 valence electrons. The van der Waals surface area contributed by atoms with Gasteiger partial charge in [0, 0.05) is 12.1 Å². The van der Waals surface area contributed by atoms with Gasteiger partial charge in [-0.15, -0.1) is 0 Å². The number of pyridine rings is 1. The van der Waals surface area contributed by atoms with Gasteiger partial charge in [-0.2, -0.15) is 0 Å². The molecule has 0 fully saturated rings. The van der Waals surface area contributed by atoms with Crippen LogP contribution in [-0.2, 0) is 13.0 Å². The second-order valence-electron chi connectivity index (χ2n) is 4.70. The Labute approximate surface area is 140 Å². The molecule has 0 amide bonds. The van der Waals surface area contributed by atoms with Crippen LogP contribution in [0.3, 0.4) is 0 Å². The Morgan fingerprint density at radius 2 is 1.76 bits per heavy atom. The Balaban J connectivity index is 0. The summed E-state index contributed by atoms with van der Waals surface area (Å²) in [6, 6.07) is 6.47. The molecule has 0 aliphatic rings. The predicted octanol–water partition coefficient (Wildman–Crippen LogP) is -4.36. The van der Waals surface area contributed by atoms with E-state index in [9.17, 15) is 0 Å². The zero-order chi connectivity index (χ0) is 11.3. The van der Waals surface area contributed by atoms with Gasteiger partial charge >= 0.3 is 0 Å². The van der Waals surface area contributed by atoms with E-state index in [1.165, 1.54) is 18.8 Å². The Bertz CT molecular complexity index is 314. The van der Waals surface area contributed by atoms with Crippen LogP contribution in [0.4, 0.5) is 0 Å². The lowest BCUT2D eigenvalue weighted by atomic mass is 10.2. The number of likely N-dealkylation sites (N-methyl/N-ethyl adjacent to an activating group) is 1. The lowest BCUT2D eigenvalue weighted by Crippen LogP contribution is -3.00. The Hall–Kier alpha value is 0.570. The van der Waals surface area contributed by atoms with E-state index in [0.717, 1.165) is 17.4 Å². The van der Waals surface area contributed by atoms with Crippen molar-refractivity contribution in [3.05, 3.63) is 30.1 Å². The zero-order valence-electron chi connectivity index (χ0n) is 11.3. The molecule has 0 bridgehead atoms. The second-order valence-corrected chi connectivity index (χ2v) is 4.70. The molecule has 0 atom stereocenters. The average molecular weight is 462 g/mol. The molecule has 0 unspecified atom stereocenters. The highest BCUT2D eigenvalue weighted by Crippen LogP contribution is 2.01. The van der Waals surface area contributed by atoms with E-state index < -0.39 is 0 Å². The average Bonchev–Trinajstić information content (AvgIpc) is 2.27. The van der Waals surface area contributed by atoms with Crippen molar-refractivity contribution in [2.45, 2.75) is 26.8 Å². The number of hydrogen-bond acceptors (Lipinski definition) is 0. The monoisotopic (exact) mass is 462 g/mol. The maximum atomic E-state index is 2.33. The molecule has 1 aromatic rings. The summed E-state index contributed by atoms with van der Waals surface area (Å²) in [4.78, 5) is 0. The van der Waals surface area contributed by atoms with E-state index >= 15 is 0 Å². The lowest BCUT2D eigenvalue weighted by molar-refractivity contribution is -0.889. The largest absolute Gasteiger partial charge is 1.00 e. The summed E-state index contributed by atoms with van der Waals surface area (Å²) in [5.41, 5.74) is 1.44. The minimum atomic E-state index is 0. The fourth-order valence-electron chi connectivity index (χ4n) is 1.62. The third-order valence-electron chi connectivity index (χ3n) is 3.20. The molecular formula is C13H24I2N2. The van der Waals surface area contributed by atoms with Crippen molar-refractivity contribution < 1.29 is 57.0 Å². The van der Waals surface area contributed by atoms with E-state index in [1.54, 1.807) is 0 Å². The van der Waals surface area contributed by atoms with Gasteiger partial charge < -0.3 is 52.4 Å². The van der Waals surface area contributed by atoms with Crippen molar-refractivity contribution >= 4 is 0 Å². The molecule has 2 nitrogen and oxygen atoms in total. The normalized spacial score (nSPS) is 10.4. The highest BCUT2D eigenvalue weighted by atomic mass is 127. The van der Waals surface area contributed by atoms with Crippen LogP contribution in [0.1, 0.15) is 19.5 Å². The summed E-state index contributed by atoms with van der Waals surface area (Å²) >= 11 is 0. The van der Waals surface area contributed by atoms with Crippen LogP contribution in [0, 0.1) is 0 Å². The second kappa shape index (κ2) is 9.49. The van der Waals surface area contributed by atoms with Gasteiger partial charge in [-0.1, -0.05) is 6.07 Å². The first-order valence-corrected chi connectivity index (χ1v) is 5.88. The van der Waals surface area contributed by atoms with Crippen LogP contribution in [0.25, 0.3) is 0 Å². The number of rotatable bonds is 5. The van der Waals surface area contributed by atoms with E-state index in [-0.39, 0.29) is 48.0 Å². The van der Waals surface area contributed by atoms with Gasteiger partial charge in [0.05, 0.1) is 33.6 Å².